The number of hydrogen-bond acceptors (Lipinski definition) is 6. The van der Waals surface area contributed by atoms with E-state index in [0.717, 1.165) is 0 Å². The average Bonchev–Trinajstić information content (AvgIpc) is 2.98. The molecule has 0 radical (unpaired) electrons. The second-order valence-corrected chi connectivity index (χ2v) is 5.63. The first-order valence-electron chi connectivity index (χ1n) is 7.46. The van der Waals surface area contributed by atoms with Gasteiger partial charge in [-0.2, -0.15) is 0 Å². The van der Waals surface area contributed by atoms with Gasteiger partial charge in [-0.05, 0) is 30.3 Å². The summed E-state index contributed by atoms with van der Waals surface area (Å²) in [5.41, 5.74) is 2.18. The van der Waals surface area contributed by atoms with Crippen LogP contribution in [0.25, 0.3) is 5.65 Å². The van der Waals surface area contributed by atoms with E-state index >= 15 is 0 Å². The van der Waals surface area contributed by atoms with Crippen LogP contribution in [0, 0.1) is 0 Å². The van der Waals surface area contributed by atoms with Crippen LogP contribution in [-0.4, -0.2) is 27.6 Å². The second-order valence-electron chi connectivity index (χ2n) is 5.20. The number of rotatable bonds is 5. The van der Waals surface area contributed by atoms with Crippen LogP contribution in [0.2, 0.25) is 5.02 Å². The zero-order valence-corrected chi connectivity index (χ0v) is 14.1. The van der Waals surface area contributed by atoms with Gasteiger partial charge in [-0.25, -0.2) is 4.98 Å². The topological polar surface area (TPSA) is 88.5 Å². The van der Waals surface area contributed by atoms with Crippen LogP contribution >= 0.6 is 11.6 Å². The number of hydrogen-bond donors (Lipinski definition) is 1. The number of carbonyl (C=O) groups is 1. The maximum absolute atomic E-state index is 11.7. The van der Waals surface area contributed by atoms with Crippen molar-refractivity contribution in [2.24, 2.45) is 10.2 Å². The summed E-state index contributed by atoms with van der Waals surface area (Å²) in [4.78, 5) is 16.1. The number of fused-ring (bicyclic) bond motifs is 1. The Morgan fingerprint density at radius 3 is 2.72 bits per heavy atom. The van der Waals surface area contributed by atoms with Gasteiger partial charge in [0.1, 0.15) is 5.65 Å². The molecule has 3 rings (SSSR count). The van der Waals surface area contributed by atoms with E-state index in [1.165, 1.54) is 7.11 Å². The lowest BCUT2D eigenvalue weighted by Gasteiger charge is -2.00. The summed E-state index contributed by atoms with van der Waals surface area (Å²) < 4.78 is 6.40. The van der Waals surface area contributed by atoms with Crippen LogP contribution in [0.1, 0.15) is 11.3 Å². The van der Waals surface area contributed by atoms with Crippen molar-refractivity contribution in [1.82, 2.24) is 9.38 Å². The van der Waals surface area contributed by atoms with Crippen molar-refractivity contribution in [2.75, 3.05) is 7.11 Å². The third-order valence-electron chi connectivity index (χ3n) is 3.57. The van der Waals surface area contributed by atoms with Gasteiger partial charge in [0.2, 0.25) is 0 Å². The molecule has 8 heteroatoms. The number of aliphatic hydroxyl groups is 1. The molecule has 3 aromatic rings. The number of benzene rings is 1. The summed E-state index contributed by atoms with van der Waals surface area (Å²) in [6.45, 7) is -0.174. The minimum atomic E-state index is -0.433. The molecule has 0 bridgehead atoms. The van der Waals surface area contributed by atoms with E-state index in [9.17, 15) is 9.90 Å². The van der Waals surface area contributed by atoms with Crippen LogP contribution in [0.15, 0.2) is 52.8 Å². The van der Waals surface area contributed by atoms with Crippen molar-refractivity contribution in [3.63, 3.8) is 0 Å². The maximum Gasteiger partial charge on any atom is 0.311 e. The Hall–Kier alpha value is -2.77. The predicted octanol–water partition coefficient (Wildman–Crippen LogP) is 3.61. The zero-order valence-electron chi connectivity index (χ0n) is 13.4. The van der Waals surface area contributed by atoms with Crippen LogP contribution in [0.4, 0.5) is 11.5 Å². The summed E-state index contributed by atoms with van der Waals surface area (Å²) in [5.74, 6) is -0.0254. The number of carbonyl (C=O) groups excluding carboxylic acids is 1. The molecular formula is C17H15ClN4O3. The van der Waals surface area contributed by atoms with Crippen LogP contribution in [-0.2, 0) is 22.6 Å². The minimum Gasteiger partial charge on any atom is -0.469 e. The van der Waals surface area contributed by atoms with Gasteiger partial charge >= 0.3 is 5.97 Å². The highest BCUT2D eigenvalue weighted by Gasteiger charge is 2.17. The SMILES string of the molecule is COC(=O)Cc1nc2c(CO)cccn2c1N=Nc1ccc(Cl)cc1. The Morgan fingerprint density at radius 1 is 1.28 bits per heavy atom. The molecule has 2 heterocycles. The van der Waals surface area contributed by atoms with E-state index in [1.54, 1.807) is 47.0 Å². The zero-order chi connectivity index (χ0) is 17.8. The van der Waals surface area contributed by atoms with Crippen molar-refractivity contribution in [3.8, 4) is 0 Å². The highest BCUT2D eigenvalue weighted by molar-refractivity contribution is 6.30. The lowest BCUT2D eigenvalue weighted by atomic mass is 10.3. The highest BCUT2D eigenvalue weighted by Crippen LogP contribution is 2.27. The number of ether oxygens (including phenoxy) is 1. The van der Waals surface area contributed by atoms with Crippen LogP contribution in [0.3, 0.4) is 0 Å². The number of pyridine rings is 1. The fraction of sp³-hybridized carbons (Fsp3) is 0.176. The normalized spacial score (nSPS) is 11.3. The Labute approximate surface area is 148 Å². The third kappa shape index (κ3) is 3.67. The van der Waals surface area contributed by atoms with E-state index in [4.69, 9.17) is 16.3 Å². The molecular weight excluding hydrogens is 344 g/mol. The van der Waals surface area contributed by atoms with Crippen LogP contribution < -0.4 is 0 Å². The lowest BCUT2D eigenvalue weighted by Crippen LogP contribution is -2.04. The Morgan fingerprint density at radius 2 is 2.04 bits per heavy atom. The molecule has 0 amide bonds. The first kappa shape index (κ1) is 17.1. The van der Waals surface area contributed by atoms with E-state index in [1.807, 2.05) is 0 Å². The third-order valence-corrected chi connectivity index (χ3v) is 3.82. The summed E-state index contributed by atoms with van der Waals surface area (Å²) in [5, 5.41) is 18.5. The van der Waals surface area contributed by atoms with Gasteiger partial charge in [0.25, 0.3) is 0 Å². The average molecular weight is 359 g/mol. The summed E-state index contributed by atoms with van der Waals surface area (Å²) in [6.07, 6.45) is 1.70. The molecule has 0 spiro atoms. The smallest absolute Gasteiger partial charge is 0.311 e. The van der Waals surface area contributed by atoms with E-state index in [-0.39, 0.29) is 13.0 Å². The van der Waals surface area contributed by atoms with Crippen molar-refractivity contribution in [2.45, 2.75) is 13.0 Å². The first-order valence-corrected chi connectivity index (χ1v) is 7.84. The summed E-state index contributed by atoms with van der Waals surface area (Å²) >= 11 is 5.86. The quantitative estimate of drug-likeness (QED) is 0.557. The highest BCUT2D eigenvalue weighted by atomic mass is 35.5. The van der Waals surface area contributed by atoms with Gasteiger partial charge in [0, 0.05) is 16.8 Å². The Bertz CT molecular complexity index is 935. The second kappa shape index (κ2) is 7.42. The number of aliphatic hydroxyl groups excluding tert-OH is 1. The molecule has 0 atom stereocenters. The molecule has 0 aliphatic heterocycles. The van der Waals surface area contributed by atoms with Crippen molar-refractivity contribution in [1.29, 1.82) is 0 Å². The maximum atomic E-state index is 11.7. The molecule has 128 valence electrons. The molecule has 1 N–H and O–H groups in total. The fourth-order valence-corrected chi connectivity index (χ4v) is 2.45. The number of nitrogens with zero attached hydrogens (tertiary/aromatic N) is 4. The van der Waals surface area contributed by atoms with Crippen molar-refractivity contribution < 1.29 is 14.6 Å². The molecule has 0 saturated carbocycles. The van der Waals surface area contributed by atoms with Gasteiger partial charge in [0.15, 0.2) is 5.82 Å². The van der Waals surface area contributed by atoms with Gasteiger partial charge in [-0.15, -0.1) is 10.2 Å². The Balaban J connectivity index is 2.08. The number of imidazole rings is 1. The number of esters is 1. The van der Waals surface area contributed by atoms with Crippen molar-refractivity contribution in [3.05, 3.63) is 58.9 Å². The van der Waals surface area contributed by atoms with E-state index < -0.39 is 5.97 Å². The standard InChI is InChI=1S/C17H15ClN4O3/c1-25-15(24)9-14-17(21-20-13-6-4-12(18)5-7-13)22-8-2-3-11(10-23)16(22)19-14/h2-8,23H,9-10H2,1H3. The van der Waals surface area contributed by atoms with Gasteiger partial charge in [0.05, 0.1) is 31.5 Å². The van der Waals surface area contributed by atoms with Crippen molar-refractivity contribution >= 4 is 34.7 Å². The van der Waals surface area contributed by atoms with Gasteiger partial charge in [-0.3, -0.25) is 9.20 Å². The van der Waals surface area contributed by atoms with E-state index in [2.05, 4.69) is 15.2 Å². The fourth-order valence-electron chi connectivity index (χ4n) is 2.33. The monoisotopic (exact) mass is 358 g/mol. The van der Waals surface area contributed by atoms with Crippen LogP contribution in [0.5, 0.6) is 0 Å². The van der Waals surface area contributed by atoms with E-state index in [0.29, 0.717) is 33.4 Å². The lowest BCUT2D eigenvalue weighted by molar-refractivity contribution is -0.139. The van der Waals surface area contributed by atoms with Gasteiger partial charge in [-0.1, -0.05) is 17.7 Å². The molecule has 0 aliphatic rings. The number of methoxy groups -OCH3 is 1. The Kier molecular flexibility index (Phi) is 5.06. The molecule has 0 fully saturated rings. The number of halogens is 1. The number of azo groups is 1. The summed E-state index contributed by atoms with van der Waals surface area (Å²) in [6, 6.07) is 10.4. The molecule has 7 nitrogen and oxygen atoms in total. The minimum absolute atomic E-state index is 0.0436. The molecule has 0 aliphatic carbocycles. The molecule has 1 aromatic carbocycles. The molecule has 25 heavy (non-hydrogen) atoms. The molecule has 0 unspecified atom stereocenters. The first-order chi connectivity index (χ1) is 12.1. The predicted molar refractivity (Wildman–Crippen MR) is 92.5 cm³/mol. The molecule has 0 saturated heterocycles. The molecule has 2 aromatic heterocycles. The summed E-state index contributed by atoms with van der Waals surface area (Å²) in [7, 11) is 1.31. The number of aromatic nitrogens is 2. The van der Waals surface area contributed by atoms with Gasteiger partial charge < -0.3 is 9.84 Å². The largest absolute Gasteiger partial charge is 0.469 e.